The monoisotopic (exact) mass is 341 g/mol. The molecule has 0 atom stereocenters. The molecule has 0 bridgehead atoms. The summed E-state index contributed by atoms with van der Waals surface area (Å²) in [6, 6.07) is 3.93. The first-order chi connectivity index (χ1) is 6.80. The van der Waals surface area contributed by atoms with Crippen molar-refractivity contribution in [2.24, 2.45) is 0 Å². The summed E-state index contributed by atoms with van der Waals surface area (Å²) in [7, 11) is -4.19. The Kier molecular flexibility index (Phi) is 3.68. The predicted octanol–water partition coefficient (Wildman–Crippen LogP) is 1.50. The van der Waals surface area contributed by atoms with Crippen molar-refractivity contribution in [2.75, 3.05) is 5.32 Å². The van der Waals surface area contributed by atoms with Crippen LogP contribution >= 0.6 is 22.6 Å². The van der Waals surface area contributed by atoms with Gasteiger partial charge in [-0.3, -0.25) is 9.35 Å². The van der Waals surface area contributed by atoms with E-state index in [1.165, 1.54) is 25.1 Å². The molecule has 0 spiro atoms. The van der Waals surface area contributed by atoms with Gasteiger partial charge < -0.3 is 5.32 Å². The number of carbonyl (C=O) groups is 1. The van der Waals surface area contributed by atoms with Crippen LogP contribution in [0, 0.1) is 3.57 Å². The number of rotatable bonds is 2. The van der Waals surface area contributed by atoms with Crippen LogP contribution in [0.15, 0.2) is 23.1 Å². The lowest BCUT2D eigenvalue weighted by molar-refractivity contribution is -0.114. The van der Waals surface area contributed by atoms with Crippen LogP contribution in [0.3, 0.4) is 0 Å². The van der Waals surface area contributed by atoms with Crippen molar-refractivity contribution in [1.82, 2.24) is 0 Å². The quantitative estimate of drug-likeness (QED) is 0.631. The topological polar surface area (TPSA) is 83.5 Å². The zero-order valence-electron chi connectivity index (χ0n) is 7.69. The van der Waals surface area contributed by atoms with Crippen LogP contribution in [0.2, 0.25) is 0 Å². The summed E-state index contributed by atoms with van der Waals surface area (Å²) in [5.74, 6) is -0.243. The first-order valence-corrected chi connectivity index (χ1v) is 6.37. The van der Waals surface area contributed by atoms with Crippen LogP contribution in [-0.4, -0.2) is 18.9 Å². The van der Waals surface area contributed by atoms with E-state index < -0.39 is 10.1 Å². The van der Waals surface area contributed by atoms with E-state index in [4.69, 9.17) is 4.55 Å². The van der Waals surface area contributed by atoms with Gasteiger partial charge in [-0.15, -0.1) is 0 Å². The molecular weight excluding hydrogens is 333 g/mol. The molecule has 2 N–H and O–H groups in total. The molecule has 1 aromatic rings. The van der Waals surface area contributed by atoms with Crippen LogP contribution in [-0.2, 0) is 14.9 Å². The van der Waals surface area contributed by atoms with E-state index in [2.05, 4.69) is 5.32 Å². The number of halogens is 1. The summed E-state index contributed by atoms with van der Waals surface area (Å²) >= 11 is 1.87. The van der Waals surface area contributed by atoms with E-state index in [0.717, 1.165) is 0 Å². The van der Waals surface area contributed by atoms with Gasteiger partial charge in [0.25, 0.3) is 10.1 Å². The largest absolute Gasteiger partial charge is 0.325 e. The zero-order chi connectivity index (χ0) is 11.6. The molecule has 0 aliphatic carbocycles. The normalized spacial score (nSPS) is 11.1. The number of amides is 1. The third kappa shape index (κ3) is 3.43. The average molecular weight is 341 g/mol. The van der Waals surface area contributed by atoms with Gasteiger partial charge in [0, 0.05) is 10.5 Å². The second-order valence-corrected chi connectivity index (χ2v) is 5.38. The molecule has 0 aliphatic rings. The van der Waals surface area contributed by atoms with Crippen LogP contribution in [0.25, 0.3) is 0 Å². The fourth-order valence-corrected chi connectivity index (χ4v) is 2.32. The summed E-state index contributed by atoms with van der Waals surface area (Å²) < 4.78 is 30.9. The van der Waals surface area contributed by atoms with Crippen molar-refractivity contribution >= 4 is 44.3 Å². The highest BCUT2D eigenvalue weighted by atomic mass is 127. The molecule has 1 amide bonds. The third-order valence-electron chi connectivity index (χ3n) is 1.55. The molecule has 7 heteroatoms. The molecule has 0 fully saturated rings. The van der Waals surface area contributed by atoms with Crippen LogP contribution in [0.5, 0.6) is 0 Å². The maximum atomic E-state index is 10.8. The maximum absolute atomic E-state index is 10.8. The summed E-state index contributed by atoms with van der Waals surface area (Å²) in [4.78, 5) is 10.6. The molecule has 0 saturated carbocycles. The molecule has 0 aromatic heterocycles. The summed E-state index contributed by atoms with van der Waals surface area (Å²) in [5, 5.41) is 2.53. The zero-order valence-corrected chi connectivity index (χ0v) is 10.7. The predicted molar refractivity (Wildman–Crippen MR) is 63.3 cm³/mol. The molecule has 0 unspecified atom stereocenters. The lowest BCUT2D eigenvalue weighted by Gasteiger charge is -2.05. The van der Waals surface area contributed by atoms with Gasteiger partial charge in [0.05, 0.1) is 10.6 Å². The van der Waals surface area contributed by atoms with Crippen molar-refractivity contribution in [3.05, 3.63) is 21.8 Å². The molecule has 82 valence electrons. The Morgan fingerprint density at radius 3 is 2.47 bits per heavy atom. The molecule has 0 aliphatic heterocycles. The maximum Gasteiger partial charge on any atom is 0.294 e. The van der Waals surface area contributed by atoms with Gasteiger partial charge in [0.15, 0.2) is 0 Å². The second-order valence-electron chi connectivity index (χ2n) is 2.80. The fourth-order valence-electron chi connectivity index (χ4n) is 0.947. The minimum Gasteiger partial charge on any atom is -0.325 e. The Morgan fingerprint density at radius 1 is 1.47 bits per heavy atom. The van der Waals surface area contributed by atoms with E-state index >= 15 is 0 Å². The number of hydrogen-bond acceptors (Lipinski definition) is 3. The summed E-state index contributed by atoms with van der Waals surface area (Å²) in [6.45, 7) is 1.35. The minimum absolute atomic E-state index is 0.194. The molecule has 1 aromatic carbocycles. The van der Waals surface area contributed by atoms with E-state index in [9.17, 15) is 13.2 Å². The first kappa shape index (κ1) is 12.4. The number of nitrogens with one attached hydrogen (secondary N) is 1. The van der Waals surface area contributed by atoms with Gasteiger partial charge in [-0.1, -0.05) is 0 Å². The highest BCUT2D eigenvalue weighted by Gasteiger charge is 2.11. The SMILES string of the molecule is CC(=O)Nc1ccc(S(=O)(=O)O)cc1I. The van der Waals surface area contributed by atoms with Crippen LogP contribution < -0.4 is 5.32 Å². The molecule has 1 rings (SSSR count). The van der Waals surface area contributed by atoms with E-state index in [0.29, 0.717) is 9.26 Å². The minimum atomic E-state index is -4.19. The number of anilines is 1. The molecule has 5 nitrogen and oxygen atoms in total. The average Bonchev–Trinajstić information content (AvgIpc) is 2.05. The Bertz CT molecular complexity index is 497. The highest BCUT2D eigenvalue weighted by molar-refractivity contribution is 14.1. The van der Waals surface area contributed by atoms with E-state index in [1.54, 1.807) is 0 Å². The smallest absolute Gasteiger partial charge is 0.294 e. The lowest BCUT2D eigenvalue weighted by atomic mass is 10.3. The van der Waals surface area contributed by atoms with Gasteiger partial charge in [-0.25, -0.2) is 0 Å². The van der Waals surface area contributed by atoms with Crippen molar-refractivity contribution in [3.8, 4) is 0 Å². The van der Waals surface area contributed by atoms with E-state index in [-0.39, 0.29) is 10.8 Å². The van der Waals surface area contributed by atoms with Gasteiger partial charge in [-0.2, -0.15) is 8.42 Å². The summed E-state index contributed by atoms with van der Waals surface area (Å²) in [5.41, 5.74) is 0.510. The number of hydrogen-bond donors (Lipinski definition) is 2. The van der Waals surface area contributed by atoms with Crippen molar-refractivity contribution in [3.63, 3.8) is 0 Å². The van der Waals surface area contributed by atoms with Gasteiger partial charge in [-0.05, 0) is 40.8 Å². The van der Waals surface area contributed by atoms with Crippen molar-refractivity contribution < 1.29 is 17.8 Å². The Balaban J connectivity index is 3.15. The second kappa shape index (κ2) is 4.45. The molecule has 0 heterocycles. The van der Waals surface area contributed by atoms with Crippen molar-refractivity contribution in [1.29, 1.82) is 0 Å². The Morgan fingerprint density at radius 2 is 2.07 bits per heavy atom. The summed E-state index contributed by atoms with van der Waals surface area (Å²) in [6.07, 6.45) is 0. The number of benzene rings is 1. The third-order valence-corrected chi connectivity index (χ3v) is 3.29. The van der Waals surface area contributed by atoms with Gasteiger partial charge in [0.2, 0.25) is 5.91 Å². The first-order valence-electron chi connectivity index (χ1n) is 3.85. The standard InChI is InChI=1S/C8H8INO4S/c1-5(11)10-8-3-2-6(4-7(8)9)15(12,13)14/h2-4H,1H3,(H,10,11)(H,12,13,14). The Labute approximate surface area is 101 Å². The van der Waals surface area contributed by atoms with Crippen molar-refractivity contribution in [2.45, 2.75) is 11.8 Å². The molecular formula is C8H8INO4S. The van der Waals surface area contributed by atoms with E-state index in [1.807, 2.05) is 22.6 Å². The highest BCUT2D eigenvalue weighted by Crippen LogP contribution is 2.21. The fraction of sp³-hybridized carbons (Fsp3) is 0.125. The molecule has 0 radical (unpaired) electrons. The lowest BCUT2D eigenvalue weighted by Crippen LogP contribution is -2.08. The molecule has 15 heavy (non-hydrogen) atoms. The van der Waals surface area contributed by atoms with Gasteiger partial charge >= 0.3 is 0 Å². The Hall–Kier alpha value is -0.670. The van der Waals surface area contributed by atoms with Crippen LogP contribution in [0.1, 0.15) is 6.92 Å². The molecule has 0 saturated heterocycles. The number of carbonyl (C=O) groups excluding carboxylic acids is 1. The van der Waals surface area contributed by atoms with Crippen LogP contribution in [0.4, 0.5) is 5.69 Å². The van der Waals surface area contributed by atoms with Gasteiger partial charge in [0.1, 0.15) is 0 Å².